The number of benzene rings is 2. The first-order valence-corrected chi connectivity index (χ1v) is 10.8. The SMILES string of the molecule is COc1ccc(C2C(O)=CC(=O)N=C2SCC(=O)Nc2nc3ccccc3s2)cc1. The van der Waals surface area contributed by atoms with Crippen molar-refractivity contribution < 1.29 is 19.4 Å². The fourth-order valence-electron chi connectivity index (χ4n) is 2.99. The van der Waals surface area contributed by atoms with Gasteiger partial charge in [0.05, 0.1) is 34.0 Å². The molecule has 0 bridgehead atoms. The number of allylic oxidation sites excluding steroid dienone is 1. The highest BCUT2D eigenvalue weighted by atomic mass is 32.2. The van der Waals surface area contributed by atoms with Gasteiger partial charge in [0.15, 0.2) is 5.13 Å². The van der Waals surface area contributed by atoms with Crippen LogP contribution >= 0.6 is 23.1 Å². The van der Waals surface area contributed by atoms with Crippen LogP contribution in [0.1, 0.15) is 11.5 Å². The minimum atomic E-state index is -0.603. The zero-order valence-corrected chi connectivity index (χ0v) is 17.5. The number of nitrogens with zero attached hydrogens (tertiary/aromatic N) is 2. The standard InChI is InChI=1S/C21H17N3O4S2/c1-28-13-8-6-12(7-9-13)19-15(25)10-17(26)23-20(19)29-11-18(27)24-21-22-14-4-2-3-5-16(14)30-21/h2-10,19,25H,11H2,1H3,(H,22,24,27). The molecule has 2 aromatic carbocycles. The van der Waals surface area contributed by atoms with E-state index in [4.69, 9.17) is 4.74 Å². The zero-order valence-electron chi connectivity index (χ0n) is 15.9. The van der Waals surface area contributed by atoms with Gasteiger partial charge in [-0.25, -0.2) is 9.98 Å². The Hall–Kier alpha value is -3.17. The Balaban J connectivity index is 1.46. The molecular weight excluding hydrogens is 422 g/mol. The molecule has 1 atom stereocenters. The topological polar surface area (TPSA) is 101 Å². The van der Waals surface area contributed by atoms with Gasteiger partial charge < -0.3 is 15.2 Å². The number of anilines is 1. The van der Waals surface area contributed by atoms with Crippen LogP contribution in [0.5, 0.6) is 5.75 Å². The number of methoxy groups -OCH3 is 1. The fraction of sp³-hybridized carbons (Fsp3) is 0.143. The second-order valence-electron chi connectivity index (χ2n) is 6.39. The van der Waals surface area contributed by atoms with Crippen molar-refractivity contribution in [3.8, 4) is 5.75 Å². The Labute approximate surface area is 180 Å². The van der Waals surface area contributed by atoms with Gasteiger partial charge in [-0.15, -0.1) is 0 Å². The van der Waals surface area contributed by atoms with Gasteiger partial charge in [0, 0.05) is 6.08 Å². The number of fused-ring (bicyclic) bond motifs is 1. The second kappa shape index (κ2) is 8.68. The van der Waals surface area contributed by atoms with E-state index in [0.29, 0.717) is 15.9 Å². The van der Waals surface area contributed by atoms with Gasteiger partial charge in [-0.2, -0.15) is 0 Å². The van der Waals surface area contributed by atoms with Crippen molar-refractivity contribution in [3.05, 3.63) is 65.9 Å². The highest BCUT2D eigenvalue weighted by Gasteiger charge is 2.29. The fourth-order valence-corrected chi connectivity index (χ4v) is 4.80. The number of carbonyl (C=O) groups excluding carboxylic acids is 2. The van der Waals surface area contributed by atoms with Crippen LogP contribution < -0.4 is 10.1 Å². The third-order valence-electron chi connectivity index (χ3n) is 4.37. The summed E-state index contributed by atoms with van der Waals surface area (Å²) in [6.45, 7) is 0. The Morgan fingerprint density at radius 3 is 2.73 bits per heavy atom. The number of rotatable bonds is 5. The van der Waals surface area contributed by atoms with E-state index in [0.717, 1.165) is 33.6 Å². The van der Waals surface area contributed by atoms with Crippen LogP contribution in [-0.4, -0.2) is 39.8 Å². The zero-order chi connectivity index (χ0) is 21.1. The molecule has 0 aliphatic carbocycles. The summed E-state index contributed by atoms with van der Waals surface area (Å²) >= 11 is 2.50. The van der Waals surface area contributed by atoms with E-state index in [-0.39, 0.29) is 17.4 Å². The van der Waals surface area contributed by atoms with Crippen molar-refractivity contribution in [1.29, 1.82) is 0 Å². The van der Waals surface area contributed by atoms with Crippen molar-refractivity contribution in [2.45, 2.75) is 5.92 Å². The summed E-state index contributed by atoms with van der Waals surface area (Å²) < 4.78 is 6.14. The van der Waals surface area contributed by atoms with Crippen molar-refractivity contribution in [1.82, 2.24) is 4.98 Å². The van der Waals surface area contributed by atoms with E-state index < -0.39 is 11.8 Å². The van der Waals surface area contributed by atoms with E-state index in [1.165, 1.54) is 11.3 Å². The summed E-state index contributed by atoms with van der Waals surface area (Å²) in [4.78, 5) is 32.7. The molecule has 9 heteroatoms. The number of carbonyl (C=O) groups is 2. The van der Waals surface area contributed by atoms with E-state index in [9.17, 15) is 14.7 Å². The van der Waals surface area contributed by atoms with Crippen molar-refractivity contribution in [2.75, 3.05) is 18.2 Å². The maximum atomic E-state index is 12.4. The summed E-state index contributed by atoms with van der Waals surface area (Å²) in [6.07, 6.45) is 1.10. The second-order valence-corrected chi connectivity index (χ2v) is 8.41. The Kier molecular flexibility index (Phi) is 5.82. The number of dihydropyridines is 1. The van der Waals surface area contributed by atoms with E-state index in [2.05, 4.69) is 15.3 Å². The molecule has 2 N–H and O–H groups in total. The lowest BCUT2D eigenvalue weighted by Crippen LogP contribution is -2.22. The molecule has 30 heavy (non-hydrogen) atoms. The summed E-state index contributed by atoms with van der Waals surface area (Å²) in [5, 5.41) is 14.0. The Morgan fingerprint density at radius 1 is 1.23 bits per heavy atom. The van der Waals surface area contributed by atoms with Crippen LogP contribution in [0, 0.1) is 0 Å². The quantitative estimate of drug-likeness (QED) is 0.620. The van der Waals surface area contributed by atoms with E-state index in [1.54, 1.807) is 31.4 Å². The number of aliphatic hydroxyl groups excluding tert-OH is 1. The van der Waals surface area contributed by atoms with Gasteiger partial charge >= 0.3 is 0 Å². The van der Waals surface area contributed by atoms with Crippen LogP contribution in [0.15, 0.2) is 65.4 Å². The molecule has 0 spiro atoms. The number of amides is 2. The number of hydrogen-bond acceptors (Lipinski definition) is 7. The monoisotopic (exact) mass is 439 g/mol. The van der Waals surface area contributed by atoms with Crippen molar-refractivity contribution in [3.63, 3.8) is 0 Å². The number of hydrogen-bond donors (Lipinski definition) is 2. The molecule has 0 saturated heterocycles. The molecule has 4 rings (SSSR count). The first kappa shape index (κ1) is 20.1. The van der Waals surface area contributed by atoms with Gasteiger partial charge in [-0.3, -0.25) is 9.59 Å². The van der Waals surface area contributed by atoms with Gasteiger partial charge in [0.1, 0.15) is 11.5 Å². The minimum Gasteiger partial charge on any atom is -0.511 e. The predicted octanol–water partition coefficient (Wildman–Crippen LogP) is 4.14. The lowest BCUT2D eigenvalue weighted by molar-refractivity contribution is -0.114. The summed E-state index contributed by atoms with van der Waals surface area (Å²) in [5.41, 5.74) is 1.57. The number of ether oxygens (including phenoxy) is 1. The molecule has 3 aromatic rings. The van der Waals surface area contributed by atoms with Crippen LogP contribution in [0.25, 0.3) is 10.2 Å². The first-order valence-electron chi connectivity index (χ1n) is 8.99. The lowest BCUT2D eigenvalue weighted by atomic mass is 9.96. The first-order chi connectivity index (χ1) is 14.5. The number of nitrogens with one attached hydrogen (secondary N) is 1. The maximum Gasteiger partial charge on any atom is 0.273 e. The average Bonchev–Trinajstić information content (AvgIpc) is 3.14. The van der Waals surface area contributed by atoms with Gasteiger partial charge in [0.25, 0.3) is 5.91 Å². The van der Waals surface area contributed by atoms with Gasteiger partial charge in [-0.05, 0) is 29.8 Å². The highest BCUT2D eigenvalue weighted by Crippen LogP contribution is 2.33. The molecule has 1 aromatic heterocycles. The Morgan fingerprint density at radius 2 is 2.00 bits per heavy atom. The third kappa shape index (κ3) is 4.37. The van der Waals surface area contributed by atoms with E-state index in [1.807, 2.05) is 24.3 Å². The minimum absolute atomic E-state index is 0.0297. The molecule has 2 amide bonds. The van der Waals surface area contributed by atoms with Crippen LogP contribution in [0.2, 0.25) is 0 Å². The van der Waals surface area contributed by atoms with Crippen LogP contribution in [0.3, 0.4) is 0 Å². The van der Waals surface area contributed by atoms with Gasteiger partial charge in [-0.1, -0.05) is 47.4 Å². The number of aromatic nitrogens is 1. The summed E-state index contributed by atoms with van der Waals surface area (Å²) in [6, 6.07) is 14.7. The third-order valence-corrected chi connectivity index (χ3v) is 6.36. The van der Waals surface area contributed by atoms with Gasteiger partial charge in [0.2, 0.25) is 5.91 Å². The van der Waals surface area contributed by atoms with Crippen molar-refractivity contribution >= 4 is 55.3 Å². The average molecular weight is 440 g/mol. The molecule has 0 saturated carbocycles. The number of para-hydroxylation sites is 1. The lowest BCUT2D eigenvalue weighted by Gasteiger charge is -2.21. The number of thiazole rings is 1. The largest absolute Gasteiger partial charge is 0.511 e. The summed E-state index contributed by atoms with van der Waals surface area (Å²) in [5.74, 6) is -0.816. The molecule has 0 radical (unpaired) electrons. The molecule has 1 unspecified atom stereocenters. The molecular formula is C21H17N3O4S2. The number of thioether (sulfide) groups is 1. The van der Waals surface area contributed by atoms with Crippen LogP contribution in [-0.2, 0) is 9.59 Å². The molecule has 1 aliphatic heterocycles. The predicted molar refractivity (Wildman–Crippen MR) is 120 cm³/mol. The smallest absolute Gasteiger partial charge is 0.273 e. The number of aliphatic hydroxyl groups is 1. The molecule has 7 nitrogen and oxygen atoms in total. The van der Waals surface area contributed by atoms with E-state index >= 15 is 0 Å². The maximum absolute atomic E-state index is 12.4. The van der Waals surface area contributed by atoms with Crippen LogP contribution in [0.4, 0.5) is 5.13 Å². The molecule has 2 heterocycles. The summed E-state index contributed by atoms with van der Waals surface area (Å²) in [7, 11) is 1.57. The van der Waals surface area contributed by atoms with Crippen molar-refractivity contribution in [2.24, 2.45) is 4.99 Å². The molecule has 0 fully saturated rings. The molecule has 1 aliphatic rings. The molecule has 152 valence electrons. The Bertz CT molecular complexity index is 1140. The normalized spacial score (nSPS) is 16.2. The highest BCUT2D eigenvalue weighted by molar-refractivity contribution is 8.14. The number of aliphatic imine (C=N–C) groups is 1.